The number of nitrogens with two attached hydrogens (primary N) is 1. The molecule has 5 heteroatoms. The van der Waals surface area contributed by atoms with Crippen LogP contribution in [0.4, 0.5) is 5.13 Å². The number of benzene rings is 1. The summed E-state index contributed by atoms with van der Waals surface area (Å²) < 4.78 is 5.65. The number of ether oxygens (including phenoxy) is 1. The van der Waals surface area contributed by atoms with Crippen LogP contribution in [-0.4, -0.2) is 11.6 Å². The van der Waals surface area contributed by atoms with Crippen molar-refractivity contribution in [2.75, 3.05) is 12.3 Å². The molecule has 86 valence electrons. The van der Waals surface area contributed by atoms with E-state index in [0.717, 1.165) is 22.6 Å². The summed E-state index contributed by atoms with van der Waals surface area (Å²) in [7, 11) is 0. The number of nitrogens with zero attached hydrogens (tertiary/aromatic N) is 1. The van der Waals surface area contributed by atoms with Gasteiger partial charge in [0.15, 0.2) is 5.13 Å². The first-order valence-corrected chi connectivity index (χ1v) is 6.33. The smallest absolute Gasteiger partial charge is 0.180 e. The predicted molar refractivity (Wildman–Crippen MR) is 71.3 cm³/mol. The van der Waals surface area contributed by atoms with Crippen molar-refractivity contribution in [3.63, 3.8) is 0 Å². The van der Waals surface area contributed by atoms with Gasteiger partial charge in [-0.15, -0.1) is 11.3 Å². The summed E-state index contributed by atoms with van der Waals surface area (Å²) >= 11 is 7.48. The normalized spacial score (nSPS) is 13.8. The molecule has 0 fully saturated rings. The third-order valence-electron chi connectivity index (χ3n) is 2.55. The van der Waals surface area contributed by atoms with Crippen LogP contribution in [0.3, 0.4) is 0 Å². The maximum absolute atomic E-state index is 6.05. The van der Waals surface area contributed by atoms with Gasteiger partial charge in [0, 0.05) is 16.5 Å². The SMILES string of the molecule is Nc1nc(C2=Cc3cccc(Cl)c3OC2)cs1. The van der Waals surface area contributed by atoms with Crippen molar-refractivity contribution in [3.8, 4) is 5.75 Å². The Bertz CT molecular complexity index is 606. The molecule has 0 bridgehead atoms. The number of aromatic nitrogens is 1. The summed E-state index contributed by atoms with van der Waals surface area (Å²) in [4.78, 5) is 4.24. The first-order valence-electron chi connectivity index (χ1n) is 5.07. The molecule has 0 aliphatic carbocycles. The first-order chi connectivity index (χ1) is 8.24. The van der Waals surface area contributed by atoms with E-state index in [2.05, 4.69) is 4.98 Å². The largest absolute Gasteiger partial charge is 0.487 e. The average Bonchev–Trinajstić information content (AvgIpc) is 2.76. The van der Waals surface area contributed by atoms with E-state index in [9.17, 15) is 0 Å². The van der Waals surface area contributed by atoms with Crippen LogP contribution in [0.1, 0.15) is 11.3 Å². The van der Waals surface area contributed by atoms with Crippen LogP contribution >= 0.6 is 22.9 Å². The molecule has 0 amide bonds. The molecule has 0 radical (unpaired) electrons. The second-order valence-corrected chi connectivity index (χ2v) is 4.98. The van der Waals surface area contributed by atoms with Gasteiger partial charge in [-0.05, 0) is 12.1 Å². The average molecular weight is 265 g/mol. The second kappa shape index (κ2) is 4.05. The fourth-order valence-corrected chi connectivity index (χ4v) is 2.58. The van der Waals surface area contributed by atoms with Crippen molar-refractivity contribution in [1.29, 1.82) is 0 Å². The van der Waals surface area contributed by atoms with Crippen LogP contribution in [0.5, 0.6) is 5.75 Å². The van der Waals surface area contributed by atoms with Crippen LogP contribution in [0.25, 0.3) is 11.6 Å². The third-order valence-corrected chi connectivity index (χ3v) is 3.52. The van der Waals surface area contributed by atoms with Gasteiger partial charge >= 0.3 is 0 Å². The van der Waals surface area contributed by atoms with Gasteiger partial charge in [-0.3, -0.25) is 0 Å². The van der Waals surface area contributed by atoms with Crippen molar-refractivity contribution in [1.82, 2.24) is 4.98 Å². The molecule has 0 saturated heterocycles. The molecule has 3 nitrogen and oxygen atoms in total. The zero-order valence-electron chi connectivity index (χ0n) is 8.81. The van der Waals surface area contributed by atoms with Gasteiger partial charge in [-0.1, -0.05) is 23.7 Å². The van der Waals surface area contributed by atoms with Gasteiger partial charge in [0.1, 0.15) is 12.4 Å². The molecule has 0 saturated carbocycles. The lowest BCUT2D eigenvalue weighted by Gasteiger charge is -2.17. The van der Waals surface area contributed by atoms with E-state index in [1.165, 1.54) is 11.3 Å². The minimum Gasteiger partial charge on any atom is -0.487 e. The summed E-state index contributed by atoms with van der Waals surface area (Å²) in [6.07, 6.45) is 2.04. The molecular weight excluding hydrogens is 256 g/mol. The van der Waals surface area contributed by atoms with E-state index in [4.69, 9.17) is 22.1 Å². The molecule has 1 aliphatic heterocycles. The van der Waals surface area contributed by atoms with E-state index < -0.39 is 0 Å². The molecule has 1 aromatic carbocycles. The zero-order valence-corrected chi connectivity index (χ0v) is 10.4. The highest BCUT2D eigenvalue weighted by molar-refractivity contribution is 7.13. The number of para-hydroxylation sites is 1. The Hall–Kier alpha value is -1.52. The highest BCUT2D eigenvalue weighted by Crippen LogP contribution is 2.36. The van der Waals surface area contributed by atoms with Crippen molar-refractivity contribution in [3.05, 3.63) is 39.9 Å². The number of nitrogen functional groups attached to an aromatic ring is 1. The van der Waals surface area contributed by atoms with Crippen molar-refractivity contribution in [2.45, 2.75) is 0 Å². The van der Waals surface area contributed by atoms with Crippen LogP contribution < -0.4 is 10.5 Å². The molecule has 17 heavy (non-hydrogen) atoms. The van der Waals surface area contributed by atoms with Crippen LogP contribution in [0, 0.1) is 0 Å². The van der Waals surface area contributed by atoms with Crippen molar-refractivity contribution < 1.29 is 4.74 Å². The van der Waals surface area contributed by atoms with Gasteiger partial charge in [0.05, 0.1) is 10.7 Å². The minimum absolute atomic E-state index is 0.472. The Morgan fingerprint density at radius 1 is 1.41 bits per heavy atom. The molecule has 0 atom stereocenters. The molecule has 2 aromatic rings. The van der Waals surface area contributed by atoms with E-state index in [1.807, 2.05) is 29.7 Å². The Labute approximate surface area is 108 Å². The number of anilines is 1. The zero-order chi connectivity index (χ0) is 11.8. The molecule has 0 spiro atoms. The van der Waals surface area contributed by atoms with Gasteiger partial charge in [0.25, 0.3) is 0 Å². The van der Waals surface area contributed by atoms with Crippen LogP contribution in [0.15, 0.2) is 23.6 Å². The number of rotatable bonds is 1. The summed E-state index contributed by atoms with van der Waals surface area (Å²) in [5.41, 5.74) is 8.49. The Morgan fingerprint density at radius 2 is 2.29 bits per heavy atom. The lowest BCUT2D eigenvalue weighted by Crippen LogP contribution is -2.07. The Kier molecular flexibility index (Phi) is 2.53. The molecule has 3 rings (SSSR count). The monoisotopic (exact) mass is 264 g/mol. The van der Waals surface area contributed by atoms with E-state index in [-0.39, 0.29) is 0 Å². The summed E-state index contributed by atoms with van der Waals surface area (Å²) in [5, 5.41) is 3.13. The van der Waals surface area contributed by atoms with Crippen LogP contribution in [0.2, 0.25) is 5.02 Å². The summed E-state index contributed by atoms with van der Waals surface area (Å²) in [6.45, 7) is 0.472. The molecular formula is C12H9ClN2OS. The highest BCUT2D eigenvalue weighted by Gasteiger charge is 2.16. The van der Waals surface area contributed by atoms with E-state index in [1.54, 1.807) is 0 Å². The topological polar surface area (TPSA) is 48.1 Å². The second-order valence-electron chi connectivity index (χ2n) is 3.69. The van der Waals surface area contributed by atoms with E-state index >= 15 is 0 Å². The molecule has 2 N–H and O–H groups in total. The fourth-order valence-electron chi connectivity index (χ4n) is 1.75. The number of fused-ring (bicyclic) bond motifs is 1. The van der Waals surface area contributed by atoms with Crippen LogP contribution in [-0.2, 0) is 0 Å². The van der Waals surface area contributed by atoms with Gasteiger partial charge < -0.3 is 10.5 Å². The Balaban J connectivity index is 2.06. The van der Waals surface area contributed by atoms with Crippen molar-refractivity contribution in [2.24, 2.45) is 0 Å². The lowest BCUT2D eigenvalue weighted by atomic mass is 10.1. The van der Waals surface area contributed by atoms with Gasteiger partial charge in [0.2, 0.25) is 0 Å². The predicted octanol–water partition coefficient (Wildman–Crippen LogP) is 3.31. The quantitative estimate of drug-likeness (QED) is 0.860. The summed E-state index contributed by atoms with van der Waals surface area (Å²) in [5.74, 6) is 0.737. The molecule has 2 heterocycles. The van der Waals surface area contributed by atoms with Gasteiger partial charge in [-0.25, -0.2) is 4.98 Å². The lowest BCUT2D eigenvalue weighted by molar-refractivity contribution is 0.365. The molecule has 0 unspecified atom stereocenters. The van der Waals surface area contributed by atoms with Crippen molar-refractivity contribution >= 4 is 39.7 Å². The fraction of sp³-hybridized carbons (Fsp3) is 0.0833. The molecule has 1 aromatic heterocycles. The highest BCUT2D eigenvalue weighted by atomic mass is 35.5. The van der Waals surface area contributed by atoms with Gasteiger partial charge in [-0.2, -0.15) is 0 Å². The first kappa shape index (κ1) is 10.6. The number of hydrogen-bond acceptors (Lipinski definition) is 4. The van der Waals surface area contributed by atoms with E-state index in [0.29, 0.717) is 16.8 Å². The number of thiazole rings is 1. The standard InChI is InChI=1S/C12H9ClN2OS/c13-9-3-1-2-7-4-8(5-16-11(7)9)10-6-17-12(14)15-10/h1-4,6H,5H2,(H2,14,15). The third kappa shape index (κ3) is 1.90. The molecule has 1 aliphatic rings. The number of hydrogen-bond donors (Lipinski definition) is 1. The minimum atomic E-state index is 0.472. The summed E-state index contributed by atoms with van der Waals surface area (Å²) in [6, 6.07) is 5.69. The maximum Gasteiger partial charge on any atom is 0.180 e. The number of halogens is 1. The maximum atomic E-state index is 6.05. The Morgan fingerprint density at radius 3 is 3.06 bits per heavy atom.